The molecular weight excluding hydrogens is 220 g/mol. The number of fused-ring (bicyclic) bond motifs is 1. The summed E-state index contributed by atoms with van der Waals surface area (Å²) in [6, 6.07) is 20.8. The monoisotopic (exact) mass is 235 g/mol. The van der Waals surface area contributed by atoms with Crippen molar-refractivity contribution >= 4 is 14.7 Å². The number of hydrogen-bond acceptors (Lipinski definition) is 0. The van der Waals surface area contributed by atoms with E-state index in [1.807, 2.05) is 0 Å². The molecule has 0 N–H and O–H groups in total. The Morgan fingerprint density at radius 2 is 1.59 bits per heavy atom. The van der Waals surface area contributed by atoms with E-state index in [0.717, 1.165) is 0 Å². The van der Waals surface area contributed by atoms with Gasteiger partial charge >= 0.3 is 0 Å². The van der Waals surface area contributed by atoms with Crippen LogP contribution in [0.3, 0.4) is 0 Å². The van der Waals surface area contributed by atoms with Gasteiger partial charge in [0.05, 0.1) is 9.52 Å². The van der Waals surface area contributed by atoms with Crippen LogP contribution < -0.4 is 0 Å². The molecule has 3 rings (SSSR count). The summed E-state index contributed by atoms with van der Waals surface area (Å²) < 4.78 is 0. The molecule has 0 bridgehead atoms. The molecule has 1 radical (unpaired) electrons. The van der Waals surface area contributed by atoms with Crippen LogP contribution in [0.25, 0.3) is 5.20 Å². The molecule has 0 amide bonds. The predicted octanol–water partition coefficient (Wildman–Crippen LogP) is 2.96. The second-order valence-electron chi connectivity index (χ2n) is 4.43. The largest absolute Gasteiger partial charge is 0.0769 e. The van der Waals surface area contributed by atoms with Crippen LogP contribution >= 0.6 is 0 Å². The van der Waals surface area contributed by atoms with Gasteiger partial charge in [-0.2, -0.15) is 0 Å². The minimum absolute atomic E-state index is 0.189. The van der Waals surface area contributed by atoms with Gasteiger partial charge in [-0.15, -0.1) is 0 Å². The maximum absolute atomic E-state index is 2.32. The number of benzene rings is 2. The maximum atomic E-state index is 2.32. The highest BCUT2D eigenvalue weighted by molar-refractivity contribution is 6.61. The Bertz CT molecular complexity index is 540. The van der Waals surface area contributed by atoms with Crippen LogP contribution in [0, 0.1) is 6.42 Å². The third-order valence-corrected chi connectivity index (χ3v) is 5.28. The van der Waals surface area contributed by atoms with Gasteiger partial charge in [0.1, 0.15) is 0 Å². The van der Waals surface area contributed by atoms with Gasteiger partial charge in [0, 0.05) is 6.42 Å². The fraction of sp³-hybridized carbons (Fsp3) is 0.0625. The first-order chi connectivity index (χ1) is 8.43. The van der Waals surface area contributed by atoms with E-state index >= 15 is 0 Å². The highest BCUT2D eigenvalue weighted by Gasteiger charge is 2.12. The van der Waals surface area contributed by atoms with E-state index in [1.54, 1.807) is 5.20 Å². The molecule has 0 aromatic heterocycles. The first-order valence-electron chi connectivity index (χ1n) is 6.11. The molecule has 0 nitrogen and oxygen atoms in total. The van der Waals surface area contributed by atoms with Crippen molar-refractivity contribution in [2.75, 3.05) is 0 Å². The molecule has 1 aliphatic carbocycles. The van der Waals surface area contributed by atoms with E-state index in [4.69, 9.17) is 0 Å². The van der Waals surface area contributed by atoms with Crippen molar-refractivity contribution in [3.8, 4) is 0 Å². The Hall–Kier alpha value is -1.60. The minimum Gasteiger partial charge on any atom is -0.0769 e. The summed E-state index contributed by atoms with van der Waals surface area (Å²) in [5.74, 6) is 0. The zero-order valence-electron chi connectivity index (χ0n) is 9.77. The zero-order chi connectivity index (χ0) is 11.5. The molecule has 0 fully saturated rings. The Morgan fingerprint density at radius 1 is 0.824 bits per heavy atom. The van der Waals surface area contributed by atoms with Crippen molar-refractivity contribution < 1.29 is 0 Å². The Labute approximate surface area is 105 Å². The SMILES string of the molecule is [CH]1C=C([SiH2]Cc2ccccc2)c2ccccc21. The Balaban J connectivity index is 1.72. The molecule has 0 atom stereocenters. The van der Waals surface area contributed by atoms with Gasteiger partial charge in [0.15, 0.2) is 0 Å². The summed E-state index contributed by atoms with van der Waals surface area (Å²) in [4.78, 5) is 0. The van der Waals surface area contributed by atoms with Crippen LogP contribution in [0.5, 0.6) is 0 Å². The third kappa shape index (κ3) is 2.24. The summed E-state index contributed by atoms with van der Waals surface area (Å²) in [5.41, 5.74) is 4.34. The van der Waals surface area contributed by atoms with E-state index in [-0.39, 0.29) is 9.52 Å². The number of allylic oxidation sites excluding steroid dienone is 1. The highest BCUT2D eigenvalue weighted by Crippen LogP contribution is 2.27. The molecule has 2 aromatic carbocycles. The standard InChI is InChI=1S/C16H15Si/c1-2-6-13(7-3-1)12-17-16-11-10-14-8-4-5-9-15(14)16/h1-11H,12,17H2. The molecular formula is C16H15Si. The highest BCUT2D eigenvalue weighted by atomic mass is 28.2. The van der Waals surface area contributed by atoms with E-state index in [9.17, 15) is 0 Å². The second kappa shape index (κ2) is 4.72. The fourth-order valence-electron chi connectivity index (χ4n) is 2.36. The van der Waals surface area contributed by atoms with E-state index < -0.39 is 0 Å². The Kier molecular flexibility index (Phi) is 2.93. The zero-order valence-corrected chi connectivity index (χ0v) is 11.2. The van der Waals surface area contributed by atoms with Gasteiger partial charge < -0.3 is 0 Å². The minimum atomic E-state index is -0.189. The smallest absolute Gasteiger partial charge is 0.0594 e. The number of hydrogen-bond donors (Lipinski definition) is 0. The summed E-state index contributed by atoms with van der Waals surface area (Å²) in [5, 5.41) is 1.60. The van der Waals surface area contributed by atoms with Crippen molar-refractivity contribution in [1.82, 2.24) is 0 Å². The van der Waals surface area contributed by atoms with Gasteiger partial charge in [0.2, 0.25) is 0 Å². The van der Waals surface area contributed by atoms with Crippen molar-refractivity contribution in [1.29, 1.82) is 0 Å². The molecule has 83 valence electrons. The second-order valence-corrected chi connectivity index (χ2v) is 6.19. The lowest BCUT2D eigenvalue weighted by Gasteiger charge is -2.05. The van der Waals surface area contributed by atoms with Crippen molar-refractivity contribution in [2.24, 2.45) is 0 Å². The number of rotatable bonds is 3. The normalized spacial score (nSPS) is 14.0. The van der Waals surface area contributed by atoms with Gasteiger partial charge in [-0.3, -0.25) is 0 Å². The van der Waals surface area contributed by atoms with E-state index in [0.29, 0.717) is 0 Å². The predicted molar refractivity (Wildman–Crippen MR) is 76.5 cm³/mol. The molecule has 1 aliphatic rings. The molecule has 0 aliphatic heterocycles. The molecule has 0 spiro atoms. The van der Waals surface area contributed by atoms with Gasteiger partial charge in [-0.1, -0.05) is 71.4 Å². The summed E-state index contributed by atoms with van der Waals surface area (Å²) >= 11 is 0. The fourth-order valence-corrected chi connectivity index (χ4v) is 4.12. The molecule has 0 unspecified atom stereocenters. The van der Waals surface area contributed by atoms with Crippen LogP contribution in [-0.4, -0.2) is 9.52 Å². The van der Waals surface area contributed by atoms with Crippen LogP contribution in [-0.2, 0) is 6.04 Å². The van der Waals surface area contributed by atoms with Crippen molar-refractivity contribution in [3.05, 3.63) is 83.8 Å². The van der Waals surface area contributed by atoms with E-state index in [2.05, 4.69) is 67.1 Å². The van der Waals surface area contributed by atoms with Crippen LogP contribution in [0.1, 0.15) is 16.7 Å². The van der Waals surface area contributed by atoms with Crippen LogP contribution in [0.15, 0.2) is 60.7 Å². The van der Waals surface area contributed by atoms with Gasteiger partial charge in [0.25, 0.3) is 0 Å². The molecule has 1 heteroatoms. The summed E-state index contributed by atoms with van der Waals surface area (Å²) in [6.07, 6.45) is 4.57. The van der Waals surface area contributed by atoms with E-state index in [1.165, 1.54) is 22.7 Å². The van der Waals surface area contributed by atoms with Crippen LogP contribution in [0.4, 0.5) is 0 Å². The average Bonchev–Trinajstić information content (AvgIpc) is 2.81. The molecule has 0 saturated carbocycles. The molecule has 0 heterocycles. The molecule has 2 aromatic rings. The molecule has 0 saturated heterocycles. The first-order valence-corrected chi connectivity index (χ1v) is 7.81. The lowest BCUT2D eigenvalue weighted by atomic mass is 10.1. The van der Waals surface area contributed by atoms with Gasteiger partial charge in [-0.05, 0) is 17.2 Å². The topological polar surface area (TPSA) is 0 Å². The lowest BCUT2D eigenvalue weighted by Crippen LogP contribution is -1.99. The third-order valence-electron chi connectivity index (χ3n) is 3.30. The van der Waals surface area contributed by atoms with Crippen molar-refractivity contribution in [2.45, 2.75) is 6.04 Å². The maximum Gasteiger partial charge on any atom is 0.0594 e. The molecule has 17 heavy (non-hydrogen) atoms. The van der Waals surface area contributed by atoms with Gasteiger partial charge in [-0.25, -0.2) is 0 Å². The summed E-state index contributed by atoms with van der Waals surface area (Å²) in [6.45, 7) is 0. The first kappa shape index (κ1) is 10.5. The Morgan fingerprint density at radius 3 is 2.47 bits per heavy atom. The van der Waals surface area contributed by atoms with Crippen LogP contribution in [0.2, 0.25) is 0 Å². The van der Waals surface area contributed by atoms with Crippen molar-refractivity contribution in [3.63, 3.8) is 0 Å². The average molecular weight is 235 g/mol. The quantitative estimate of drug-likeness (QED) is 0.718. The lowest BCUT2D eigenvalue weighted by molar-refractivity contribution is 1.39. The summed E-state index contributed by atoms with van der Waals surface area (Å²) in [7, 11) is -0.189.